The quantitative estimate of drug-likeness (QED) is 0.270. The fraction of sp³-hybridized carbons (Fsp3) is 0.320. The van der Waals surface area contributed by atoms with Crippen LogP contribution in [0.2, 0.25) is 0 Å². The molecule has 0 aliphatic heterocycles. The third kappa shape index (κ3) is 5.54. The van der Waals surface area contributed by atoms with Crippen LogP contribution in [0.25, 0.3) is 6.08 Å². The number of methoxy groups -OCH3 is 1. The second-order valence-electron chi connectivity index (χ2n) is 7.16. The highest BCUT2D eigenvalue weighted by atomic mass is 32.1. The Morgan fingerprint density at radius 3 is 2.76 bits per heavy atom. The van der Waals surface area contributed by atoms with E-state index >= 15 is 0 Å². The van der Waals surface area contributed by atoms with Gasteiger partial charge in [-0.1, -0.05) is 12.0 Å². The van der Waals surface area contributed by atoms with Gasteiger partial charge in [-0.2, -0.15) is 5.26 Å². The first-order chi connectivity index (χ1) is 16.0. The first-order valence-electron chi connectivity index (χ1n) is 10.5. The number of hydrogen-bond donors (Lipinski definition) is 1. The van der Waals surface area contributed by atoms with Gasteiger partial charge < -0.3 is 19.5 Å². The zero-order valence-electron chi connectivity index (χ0n) is 18.5. The molecule has 1 aromatic heterocycles. The fourth-order valence-corrected chi connectivity index (χ4v) is 4.84. The number of nitrogens with zero attached hydrogens (tertiary/aromatic N) is 1. The Morgan fingerprint density at radius 1 is 1.27 bits per heavy atom. The molecule has 1 amide bonds. The molecule has 3 rings (SSSR count). The highest BCUT2D eigenvalue weighted by molar-refractivity contribution is 7.17. The number of benzene rings is 1. The van der Waals surface area contributed by atoms with Crippen molar-refractivity contribution >= 4 is 34.3 Å². The number of esters is 1. The van der Waals surface area contributed by atoms with Crippen molar-refractivity contribution in [1.29, 1.82) is 5.26 Å². The number of rotatable bonds is 8. The van der Waals surface area contributed by atoms with Gasteiger partial charge in [-0.25, -0.2) is 4.79 Å². The number of nitriles is 1. The number of nitrogens with one attached hydrogen (secondary N) is 1. The van der Waals surface area contributed by atoms with Gasteiger partial charge in [0.25, 0.3) is 5.91 Å². The molecule has 2 aromatic rings. The van der Waals surface area contributed by atoms with Crippen molar-refractivity contribution in [3.8, 4) is 29.9 Å². The summed E-state index contributed by atoms with van der Waals surface area (Å²) in [6.07, 6.45) is 10.3. The molecule has 1 aliphatic rings. The summed E-state index contributed by atoms with van der Waals surface area (Å²) in [5.74, 6) is 2.20. The molecule has 0 saturated carbocycles. The average molecular weight is 465 g/mol. The first-order valence-corrected chi connectivity index (χ1v) is 11.3. The molecule has 0 bridgehead atoms. The Kier molecular flexibility index (Phi) is 8.12. The molecule has 0 saturated heterocycles. The monoisotopic (exact) mass is 464 g/mol. The van der Waals surface area contributed by atoms with E-state index in [1.807, 2.05) is 6.07 Å². The number of aryl methyl sites for hydroxylation is 1. The van der Waals surface area contributed by atoms with Crippen LogP contribution in [-0.4, -0.2) is 32.2 Å². The van der Waals surface area contributed by atoms with E-state index < -0.39 is 11.9 Å². The standard InChI is InChI=1S/C25H24N2O5S/c1-4-12-32-19-11-10-16(14-20(19)30-3)13-17(15-26)23(28)27-24-22(25(29)31-5-2)18-8-6-7-9-21(18)33-24/h1,10-11,13-14H,5-9,12H2,2-3H3,(H,27,28)/b17-13+. The van der Waals surface area contributed by atoms with Gasteiger partial charge in [-0.05, 0) is 61.9 Å². The minimum absolute atomic E-state index is 0.0883. The zero-order valence-corrected chi connectivity index (χ0v) is 19.3. The lowest BCUT2D eigenvalue weighted by Crippen LogP contribution is -2.16. The van der Waals surface area contributed by atoms with E-state index in [-0.39, 0.29) is 18.8 Å². The van der Waals surface area contributed by atoms with E-state index in [9.17, 15) is 14.9 Å². The van der Waals surface area contributed by atoms with E-state index in [4.69, 9.17) is 20.6 Å². The van der Waals surface area contributed by atoms with Crippen LogP contribution in [0.1, 0.15) is 46.1 Å². The number of terminal acetylenes is 1. The minimum atomic E-state index is -0.603. The van der Waals surface area contributed by atoms with Crippen LogP contribution in [-0.2, 0) is 22.4 Å². The first kappa shape index (κ1) is 23.9. The van der Waals surface area contributed by atoms with Gasteiger partial charge in [0.05, 0.1) is 19.3 Å². The second kappa shape index (κ2) is 11.2. The number of carbonyl (C=O) groups excluding carboxylic acids is 2. The van der Waals surface area contributed by atoms with Crippen LogP contribution < -0.4 is 14.8 Å². The molecular weight excluding hydrogens is 440 g/mol. The summed E-state index contributed by atoms with van der Waals surface area (Å²) in [4.78, 5) is 26.6. The Balaban J connectivity index is 1.88. The second-order valence-corrected chi connectivity index (χ2v) is 8.27. The van der Waals surface area contributed by atoms with Crippen LogP contribution in [0.3, 0.4) is 0 Å². The summed E-state index contributed by atoms with van der Waals surface area (Å²) in [5.41, 5.74) is 1.80. The number of ether oxygens (including phenoxy) is 3. The molecule has 170 valence electrons. The smallest absolute Gasteiger partial charge is 0.341 e. The third-order valence-electron chi connectivity index (χ3n) is 5.05. The van der Waals surface area contributed by atoms with Gasteiger partial charge in [-0.15, -0.1) is 17.8 Å². The molecule has 1 aromatic carbocycles. The summed E-state index contributed by atoms with van der Waals surface area (Å²) in [6, 6.07) is 6.92. The lowest BCUT2D eigenvalue weighted by atomic mass is 9.95. The van der Waals surface area contributed by atoms with Crippen LogP contribution >= 0.6 is 11.3 Å². The van der Waals surface area contributed by atoms with Gasteiger partial charge in [0.15, 0.2) is 11.5 Å². The number of hydrogen-bond acceptors (Lipinski definition) is 7. The van der Waals surface area contributed by atoms with E-state index in [0.29, 0.717) is 27.6 Å². The largest absolute Gasteiger partial charge is 0.493 e. The molecule has 0 fully saturated rings. The molecular formula is C25H24N2O5S. The van der Waals surface area contributed by atoms with Crippen molar-refractivity contribution in [2.75, 3.05) is 25.6 Å². The maximum Gasteiger partial charge on any atom is 0.341 e. The van der Waals surface area contributed by atoms with Crippen LogP contribution in [0.4, 0.5) is 5.00 Å². The van der Waals surface area contributed by atoms with Crippen molar-refractivity contribution < 1.29 is 23.8 Å². The maximum absolute atomic E-state index is 12.9. The van der Waals surface area contributed by atoms with Gasteiger partial charge in [0.2, 0.25) is 0 Å². The Bertz CT molecular complexity index is 1170. The molecule has 0 radical (unpaired) electrons. The average Bonchev–Trinajstić information content (AvgIpc) is 3.19. The van der Waals surface area contributed by atoms with E-state index in [0.717, 1.165) is 36.1 Å². The van der Waals surface area contributed by atoms with Crippen molar-refractivity contribution in [2.24, 2.45) is 0 Å². The predicted octanol–water partition coefficient (Wildman–Crippen LogP) is 4.37. The molecule has 0 atom stereocenters. The Hall–Kier alpha value is -3.75. The van der Waals surface area contributed by atoms with Gasteiger partial charge in [0, 0.05) is 4.88 Å². The summed E-state index contributed by atoms with van der Waals surface area (Å²) in [5, 5.41) is 12.8. The fourth-order valence-electron chi connectivity index (χ4n) is 3.57. The van der Waals surface area contributed by atoms with Crippen molar-refractivity contribution in [1.82, 2.24) is 0 Å². The highest BCUT2D eigenvalue weighted by Crippen LogP contribution is 2.39. The summed E-state index contributed by atoms with van der Waals surface area (Å²) < 4.78 is 15.9. The van der Waals surface area contributed by atoms with Gasteiger partial charge in [0.1, 0.15) is 23.3 Å². The minimum Gasteiger partial charge on any atom is -0.493 e. The van der Waals surface area contributed by atoms with Crippen LogP contribution in [0, 0.1) is 23.7 Å². The number of amides is 1. The number of fused-ring (bicyclic) bond motifs is 1. The van der Waals surface area contributed by atoms with E-state index in [1.165, 1.54) is 24.5 Å². The number of anilines is 1. The molecule has 8 heteroatoms. The van der Waals surface area contributed by atoms with Crippen molar-refractivity contribution in [3.05, 3.63) is 45.3 Å². The van der Waals surface area contributed by atoms with Gasteiger partial charge in [-0.3, -0.25) is 4.79 Å². The van der Waals surface area contributed by atoms with E-state index in [2.05, 4.69) is 11.2 Å². The lowest BCUT2D eigenvalue weighted by molar-refractivity contribution is -0.112. The molecule has 7 nitrogen and oxygen atoms in total. The van der Waals surface area contributed by atoms with Crippen molar-refractivity contribution in [3.63, 3.8) is 0 Å². The van der Waals surface area contributed by atoms with E-state index in [1.54, 1.807) is 25.1 Å². The molecule has 1 heterocycles. The summed E-state index contributed by atoms with van der Waals surface area (Å²) >= 11 is 1.37. The number of carbonyl (C=O) groups is 2. The van der Waals surface area contributed by atoms with Gasteiger partial charge >= 0.3 is 5.97 Å². The lowest BCUT2D eigenvalue weighted by Gasteiger charge is -2.12. The SMILES string of the molecule is C#CCOc1ccc(/C=C(\C#N)C(=O)Nc2sc3c(c2C(=O)OCC)CCCC3)cc1OC. The van der Waals surface area contributed by atoms with Crippen LogP contribution in [0.5, 0.6) is 11.5 Å². The molecule has 33 heavy (non-hydrogen) atoms. The topological polar surface area (TPSA) is 97.7 Å². The number of thiophene rings is 1. The van der Waals surface area contributed by atoms with Crippen molar-refractivity contribution in [2.45, 2.75) is 32.6 Å². The molecule has 1 N–H and O–H groups in total. The third-order valence-corrected chi connectivity index (χ3v) is 6.26. The normalized spacial score (nSPS) is 12.7. The Morgan fingerprint density at radius 2 is 2.06 bits per heavy atom. The Labute approximate surface area is 197 Å². The summed E-state index contributed by atoms with van der Waals surface area (Å²) in [7, 11) is 1.49. The molecule has 0 unspecified atom stereocenters. The predicted molar refractivity (Wildman–Crippen MR) is 126 cm³/mol. The summed E-state index contributed by atoms with van der Waals surface area (Å²) in [6.45, 7) is 2.07. The highest BCUT2D eigenvalue weighted by Gasteiger charge is 2.27. The zero-order chi connectivity index (χ0) is 23.8. The molecule has 0 spiro atoms. The maximum atomic E-state index is 12.9. The van der Waals surface area contributed by atoms with Crippen LogP contribution in [0.15, 0.2) is 23.8 Å². The molecule has 1 aliphatic carbocycles.